The number of carbonyl (C=O) groups is 2. The molecule has 1 aromatic carbocycles. The summed E-state index contributed by atoms with van der Waals surface area (Å²) in [6, 6.07) is 0.660. The highest BCUT2D eigenvalue weighted by Crippen LogP contribution is 2.26. The number of esters is 1. The predicted octanol–water partition coefficient (Wildman–Crippen LogP) is 2.13. The molecule has 0 fully saturated rings. The second-order valence-electron chi connectivity index (χ2n) is 3.01. The number of rotatable bonds is 3. The Morgan fingerprint density at radius 1 is 1.18 bits per heavy atom. The molecule has 0 aromatic heterocycles. The third-order valence-electron chi connectivity index (χ3n) is 1.93. The summed E-state index contributed by atoms with van der Waals surface area (Å²) in [5.41, 5.74) is -0.624. The summed E-state index contributed by atoms with van der Waals surface area (Å²) < 4.78 is 42.8. The third kappa shape index (κ3) is 2.76. The van der Waals surface area contributed by atoms with Crippen molar-refractivity contribution >= 4 is 23.4 Å². The van der Waals surface area contributed by atoms with E-state index < -0.39 is 40.1 Å². The highest BCUT2D eigenvalue weighted by molar-refractivity contribution is 6.47. The molecule has 0 bridgehead atoms. The van der Waals surface area contributed by atoms with Gasteiger partial charge in [-0.15, -0.1) is 11.6 Å². The van der Waals surface area contributed by atoms with Crippen LogP contribution >= 0.6 is 11.6 Å². The zero-order chi connectivity index (χ0) is 13.2. The zero-order valence-electron chi connectivity index (χ0n) is 8.47. The van der Waals surface area contributed by atoms with Gasteiger partial charge in [-0.1, -0.05) is 0 Å². The molecule has 3 nitrogen and oxygen atoms in total. The summed E-state index contributed by atoms with van der Waals surface area (Å²) in [7, 11) is 0.936. The van der Waals surface area contributed by atoms with Crippen LogP contribution in [0.5, 0.6) is 0 Å². The van der Waals surface area contributed by atoms with E-state index >= 15 is 0 Å². The molecule has 7 heteroatoms. The van der Waals surface area contributed by atoms with Crippen LogP contribution < -0.4 is 0 Å². The van der Waals surface area contributed by atoms with Crippen molar-refractivity contribution in [3.05, 3.63) is 35.1 Å². The summed E-state index contributed by atoms with van der Waals surface area (Å²) in [6.07, 6.45) is 0. The van der Waals surface area contributed by atoms with Gasteiger partial charge in [0.15, 0.2) is 11.6 Å². The van der Waals surface area contributed by atoms with Crippen LogP contribution in [0.1, 0.15) is 10.9 Å². The maximum atomic E-state index is 13.2. The van der Waals surface area contributed by atoms with Crippen molar-refractivity contribution in [3.63, 3.8) is 0 Å². The summed E-state index contributed by atoms with van der Waals surface area (Å²) in [4.78, 5) is 22.1. The monoisotopic (exact) mass is 266 g/mol. The van der Waals surface area contributed by atoms with Gasteiger partial charge in [0.2, 0.25) is 0 Å². The van der Waals surface area contributed by atoms with Crippen molar-refractivity contribution in [2.45, 2.75) is 5.38 Å². The number of halogens is 4. The van der Waals surface area contributed by atoms with Gasteiger partial charge in [-0.2, -0.15) is 0 Å². The molecule has 0 N–H and O–H groups in total. The minimum absolute atomic E-state index is 0.241. The fraction of sp³-hybridized carbons (Fsp3) is 0.200. The van der Waals surface area contributed by atoms with Crippen LogP contribution in [0, 0.1) is 17.5 Å². The van der Waals surface area contributed by atoms with Crippen LogP contribution in [0.25, 0.3) is 0 Å². The van der Waals surface area contributed by atoms with E-state index in [4.69, 9.17) is 11.6 Å². The topological polar surface area (TPSA) is 43.4 Å². The Hall–Kier alpha value is -1.56. The molecule has 1 rings (SSSR count). The van der Waals surface area contributed by atoms with Crippen LogP contribution in [-0.2, 0) is 14.3 Å². The molecule has 0 saturated heterocycles. The van der Waals surface area contributed by atoms with E-state index in [-0.39, 0.29) is 6.07 Å². The average Bonchev–Trinajstić information content (AvgIpc) is 2.31. The van der Waals surface area contributed by atoms with Crippen LogP contribution in [-0.4, -0.2) is 18.9 Å². The normalized spacial score (nSPS) is 12.1. The molecule has 0 amide bonds. The van der Waals surface area contributed by atoms with Gasteiger partial charge >= 0.3 is 5.97 Å². The molecule has 1 unspecified atom stereocenters. The largest absolute Gasteiger partial charge is 0.463 e. The SMILES string of the molecule is COC(=O)C(=O)C(Cl)c1cc(F)c(F)cc1F. The standard InChI is InChI=1S/C10H6ClF3O3/c1-17-10(16)9(15)8(11)4-2-6(13)7(14)3-5(4)12/h2-3,8H,1H3. The van der Waals surface area contributed by atoms with E-state index in [1.165, 1.54) is 0 Å². The van der Waals surface area contributed by atoms with E-state index in [0.29, 0.717) is 6.07 Å². The van der Waals surface area contributed by atoms with Crippen molar-refractivity contribution in [3.8, 4) is 0 Å². The summed E-state index contributed by atoms with van der Waals surface area (Å²) in [6.45, 7) is 0. The van der Waals surface area contributed by atoms with E-state index in [1.54, 1.807) is 0 Å². The number of ketones is 1. The Kier molecular flexibility index (Phi) is 4.11. The van der Waals surface area contributed by atoms with Crippen molar-refractivity contribution in [1.29, 1.82) is 0 Å². The fourth-order valence-corrected chi connectivity index (χ4v) is 1.33. The Morgan fingerprint density at radius 3 is 2.24 bits per heavy atom. The summed E-state index contributed by atoms with van der Waals surface area (Å²) in [5.74, 6) is -6.57. The number of Topliss-reactive ketones (excluding diaryl/α,β-unsaturated/α-hetero) is 1. The fourth-order valence-electron chi connectivity index (χ4n) is 1.08. The Balaban J connectivity index is 3.12. The lowest BCUT2D eigenvalue weighted by molar-refractivity contribution is -0.151. The van der Waals surface area contributed by atoms with Crippen LogP contribution in [0.3, 0.4) is 0 Å². The zero-order valence-corrected chi connectivity index (χ0v) is 9.22. The lowest BCUT2D eigenvalue weighted by atomic mass is 10.1. The highest BCUT2D eigenvalue weighted by atomic mass is 35.5. The molecule has 0 aliphatic carbocycles. The molecule has 0 aliphatic heterocycles. The quantitative estimate of drug-likeness (QED) is 0.364. The van der Waals surface area contributed by atoms with E-state index in [1.807, 2.05) is 0 Å². The third-order valence-corrected chi connectivity index (χ3v) is 2.36. The number of methoxy groups -OCH3 is 1. The Labute approximate surface area is 99.1 Å². The first kappa shape index (κ1) is 13.5. The molecule has 0 radical (unpaired) electrons. The molecule has 17 heavy (non-hydrogen) atoms. The maximum Gasteiger partial charge on any atom is 0.376 e. The first-order valence-electron chi connectivity index (χ1n) is 4.29. The van der Waals surface area contributed by atoms with Crippen LogP contribution in [0.15, 0.2) is 12.1 Å². The van der Waals surface area contributed by atoms with Gasteiger partial charge in [0.05, 0.1) is 7.11 Å². The molecule has 0 aliphatic rings. The number of alkyl halides is 1. The lowest BCUT2D eigenvalue weighted by Crippen LogP contribution is -2.21. The number of hydrogen-bond acceptors (Lipinski definition) is 3. The first-order valence-corrected chi connectivity index (χ1v) is 4.72. The molecule has 0 saturated carbocycles. The molecular formula is C10H6ClF3O3. The van der Waals surface area contributed by atoms with Crippen LogP contribution in [0.4, 0.5) is 13.2 Å². The number of hydrogen-bond donors (Lipinski definition) is 0. The van der Waals surface area contributed by atoms with Crippen molar-refractivity contribution in [2.24, 2.45) is 0 Å². The molecule has 1 aromatic rings. The molecule has 92 valence electrons. The molecule has 1 atom stereocenters. The molecule has 0 heterocycles. The Morgan fingerprint density at radius 2 is 1.71 bits per heavy atom. The van der Waals surface area contributed by atoms with Crippen molar-refractivity contribution < 1.29 is 27.5 Å². The van der Waals surface area contributed by atoms with Gasteiger partial charge in [-0.05, 0) is 6.07 Å². The van der Waals surface area contributed by atoms with Gasteiger partial charge in [0.1, 0.15) is 11.2 Å². The smallest absolute Gasteiger partial charge is 0.376 e. The van der Waals surface area contributed by atoms with Crippen molar-refractivity contribution in [1.82, 2.24) is 0 Å². The lowest BCUT2D eigenvalue weighted by Gasteiger charge is -2.08. The van der Waals surface area contributed by atoms with E-state index in [2.05, 4.69) is 4.74 Å². The average molecular weight is 267 g/mol. The van der Waals surface area contributed by atoms with Gasteiger partial charge < -0.3 is 4.74 Å². The minimum Gasteiger partial charge on any atom is -0.463 e. The predicted molar refractivity (Wildman–Crippen MR) is 51.9 cm³/mol. The van der Waals surface area contributed by atoms with Gasteiger partial charge in [-0.3, -0.25) is 4.79 Å². The number of carbonyl (C=O) groups excluding carboxylic acids is 2. The van der Waals surface area contributed by atoms with E-state index in [0.717, 1.165) is 7.11 Å². The van der Waals surface area contributed by atoms with Gasteiger partial charge in [0.25, 0.3) is 5.78 Å². The summed E-state index contributed by atoms with van der Waals surface area (Å²) in [5, 5.41) is -1.77. The highest BCUT2D eigenvalue weighted by Gasteiger charge is 2.29. The second kappa shape index (κ2) is 5.18. The number of ether oxygens (including phenoxy) is 1. The molecular weight excluding hydrogens is 261 g/mol. The molecule has 0 spiro atoms. The number of benzene rings is 1. The minimum atomic E-state index is -1.77. The van der Waals surface area contributed by atoms with E-state index in [9.17, 15) is 22.8 Å². The summed E-state index contributed by atoms with van der Waals surface area (Å²) >= 11 is 5.48. The van der Waals surface area contributed by atoms with Gasteiger partial charge in [0, 0.05) is 11.6 Å². The van der Waals surface area contributed by atoms with Crippen molar-refractivity contribution in [2.75, 3.05) is 7.11 Å². The van der Waals surface area contributed by atoms with Gasteiger partial charge in [-0.25, -0.2) is 18.0 Å². The maximum absolute atomic E-state index is 13.2. The second-order valence-corrected chi connectivity index (χ2v) is 3.44. The first-order chi connectivity index (χ1) is 7.88. The Bertz CT molecular complexity index is 476. The van der Waals surface area contributed by atoms with Crippen LogP contribution in [0.2, 0.25) is 0 Å².